The van der Waals surface area contributed by atoms with Crippen molar-refractivity contribution < 1.29 is 9.53 Å². The number of carbonyl (C=O) groups excluding carboxylic acids is 1. The minimum atomic E-state index is 0.0608. The molecule has 1 saturated heterocycles. The van der Waals surface area contributed by atoms with Crippen molar-refractivity contribution in [1.29, 1.82) is 0 Å². The number of methoxy groups -OCH3 is 1. The Hall–Kier alpha value is -2.56. The summed E-state index contributed by atoms with van der Waals surface area (Å²) in [4.78, 5) is 18.9. The van der Waals surface area contributed by atoms with Crippen molar-refractivity contribution in [1.82, 2.24) is 14.5 Å². The largest absolute Gasteiger partial charge is 0.497 e. The summed E-state index contributed by atoms with van der Waals surface area (Å²) < 4.78 is 7.44. The van der Waals surface area contributed by atoms with Gasteiger partial charge in [-0.3, -0.25) is 4.79 Å². The number of aromatic nitrogens is 2. The Balaban J connectivity index is 1.66. The van der Waals surface area contributed by atoms with Crippen LogP contribution in [0.5, 0.6) is 5.75 Å². The Labute approximate surface area is 148 Å². The van der Waals surface area contributed by atoms with E-state index in [1.165, 1.54) is 0 Å². The number of nitrogens with zero attached hydrogens (tertiary/aromatic N) is 3. The topological polar surface area (TPSA) is 47.4 Å². The highest BCUT2D eigenvalue weighted by molar-refractivity contribution is 5.91. The Morgan fingerprint density at radius 3 is 3.12 bits per heavy atom. The lowest BCUT2D eigenvalue weighted by Crippen LogP contribution is -2.40. The molecule has 0 radical (unpaired) electrons. The fourth-order valence-corrected chi connectivity index (χ4v) is 3.35. The number of hydrogen-bond acceptors (Lipinski definition) is 3. The zero-order chi connectivity index (χ0) is 17.6. The van der Waals surface area contributed by atoms with Crippen LogP contribution < -0.4 is 4.74 Å². The third-order valence-corrected chi connectivity index (χ3v) is 4.68. The van der Waals surface area contributed by atoms with E-state index < -0.39 is 0 Å². The maximum Gasteiger partial charge on any atom is 0.246 e. The molecule has 25 heavy (non-hydrogen) atoms. The van der Waals surface area contributed by atoms with Crippen molar-refractivity contribution in [2.45, 2.75) is 32.2 Å². The first kappa shape index (κ1) is 17.3. The molecule has 0 saturated carbocycles. The van der Waals surface area contributed by atoms with Crippen LogP contribution in [0, 0.1) is 0 Å². The monoisotopic (exact) mass is 339 g/mol. The van der Waals surface area contributed by atoms with Gasteiger partial charge in [-0.05, 0) is 36.6 Å². The molecule has 5 nitrogen and oxygen atoms in total. The number of ether oxygens (including phenoxy) is 1. The summed E-state index contributed by atoms with van der Waals surface area (Å²) in [5.74, 6) is 1.94. The fraction of sp³-hybridized carbons (Fsp3) is 0.400. The van der Waals surface area contributed by atoms with Gasteiger partial charge in [0.15, 0.2) is 0 Å². The van der Waals surface area contributed by atoms with E-state index in [1.807, 2.05) is 47.6 Å². The van der Waals surface area contributed by atoms with Crippen LogP contribution in [0.15, 0.2) is 42.7 Å². The number of amides is 1. The molecule has 1 aromatic heterocycles. The van der Waals surface area contributed by atoms with E-state index in [2.05, 4.69) is 16.5 Å². The van der Waals surface area contributed by atoms with Crippen molar-refractivity contribution in [3.8, 4) is 5.75 Å². The smallest absolute Gasteiger partial charge is 0.246 e. The SMILES string of the molecule is CCc1nccn1C1CCCN(C(=O)C=Cc2cccc(OC)c2)C1. The molecule has 3 rings (SSSR count). The zero-order valence-electron chi connectivity index (χ0n) is 14.9. The van der Waals surface area contributed by atoms with Gasteiger partial charge in [-0.1, -0.05) is 19.1 Å². The second kappa shape index (κ2) is 8.01. The molecule has 1 aromatic carbocycles. The van der Waals surface area contributed by atoms with Crippen LogP contribution in [0.1, 0.15) is 37.2 Å². The molecule has 1 aliphatic rings. The van der Waals surface area contributed by atoms with Crippen LogP contribution in [-0.2, 0) is 11.2 Å². The lowest BCUT2D eigenvalue weighted by Gasteiger charge is -2.33. The second-order valence-corrected chi connectivity index (χ2v) is 6.29. The van der Waals surface area contributed by atoms with Crippen LogP contribution in [0.3, 0.4) is 0 Å². The molecule has 2 heterocycles. The molecule has 1 fully saturated rings. The minimum Gasteiger partial charge on any atom is -0.497 e. The van der Waals surface area contributed by atoms with Crippen LogP contribution in [-0.4, -0.2) is 40.6 Å². The van der Waals surface area contributed by atoms with E-state index >= 15 is 0 Å². The predicted octanol–water partition coefficient (Wildman–Crippen LogP) is 3.33. The van der Waals surface area contributed by atoms with E-state index in [9.17, 15) is 4.79 Å². The van der Waals surface area contributed by atoms with Crippen LogP contribution in [0.25, 0.3) is 6.08 Å². The molecule has 1 amide bonds. The number of aryl methyl sites for hydroxylation is 1. The quantitative estimate of drug-likeness (QED) is 0.785. The van der Waals surface area contributed by atoms with Crippen LogP contribution in [0.2, 0.25) is 0 Å². The van der Waals surface area contributed by atoms with Crippen molar-refractivity contribution in [3.63, 3.8) is 0 Å². The van der Waals surface area contributed by atoms with Gasteiger partial charge in [-0.25, -0.2) is 4.98 Å². The lowest BCUT2D eigenvalue weighted by atomic mass is 10.0. The number of hydrogen-bond donors (Lipinski definition) is 0. The van der Waals surface area contributed by atoms with E-state index in [0.717, 1.165) is 49.5 Å². The number of benzene rings is 1. The van der Waals surface area contributed by atoms with E-state index in [4.69, 9.17) is 4.74 Å². The molecule has 0 aliphatic carbocycles. The summed E-state index contributed by atoms with van der Waals surface area (Å²) in [6.07, 6.45) is 10.4. The van der Waals surface area contributed by atoms with E-state index in [1.54, 1.807) is 13.2 Å². The summed E-state index contributed by atoms with van der Waals surface area (Å²) in [7, 11) is 1.64. The summed E-state index contributed by atoms with van der Waals surface area (Å²) >= 11 is 0. The summed E-state index contributed by atoms with van der Waals surface area (Å²) in [6.45, 7) is 3.67. The van der Waals surface area contributed by atoms with Gasteiger partial charge in [0.1, 0.15) is 11.6 Å². The normalized spacial score (nSPS) is 17.8. The van der Waals surface area contributed by atoms with Gasteiger partial charge in [0.05, 0.1) is 13.2 Å². The number of piperidine rings is 1. The second-order valence-electron chi connectivity index (χ2n) is 6.29. The highest BCUT2D eigenvalue weighted by atomic mass is 16.5. The molecular formula is C20H25N3O2. The van der Waals surface area contributed by atoms with Crippen LogP contribution in [0.4, 0.5) is 0 Å². The lowest BCUT2D eigenvalue weighted by molar-refractivity contribution is -0.127. The summed E-state index contributed by atoms with van der Waals surface area (Å²) in [5.41, 5.74) is 0.962. The summed E-state index contributed by atoms with van der Waals surface area (Å²) in [6, 6.07) is 8.02. The van der Waals surface area contributed by atoms with E-state index in [0.29, 0.717) is 6.04 Å². The Bertz CT molecular complexity index is 751. The Morgan fingerprint density at radius 1 is 1.44 bits per heavy atom. The highest BCUT2D eigenvalue weighted by Gasteiger charge is 2.24. The fourth-order valence-electron chi connectivity index (χ4n) is 3.35. The maximum atomic E-state index is 12.6. The molecule has 0 bridgehead atoms. The first-order valence-corrected chi connectivity index (χ1v) is 8.84. The van der Waals surface area contributed by atoms with Crippen molar-refractivity contribution in [2.75, 3.05) is 20.2 Å². The average molecular weight is 339 g/mol. The zero-order valence-corrected chi connectivity index (χ0v) is 14.9. The van der Waals surface area contributed by atoms with Gasteiger partial charge in [0.25, 0.3) is 0 Å². The maximum absolute atomic E-state index is 12.6. The standard InChI is InChI=1S/C20H25N3O2/c1-3-19-21-11-13-23(19)17-7-5-12-22(15-17)20(24)10-9-16-6-4-8-18(14-16)25-2/h4,6,8-11,13-14,17H,3,5,7,12,15H2,1-2H3. The predicted molar refractivity (Wildman–Crippen MR) is 98.5 cm³/mol. The molecule has 1 unspecified atom stereocenters. The minimum absolute atomic E-state index is 0.0608. The third-order valence-electron chi connectivity index (χ3n) is 4.68. The number of likely N-dealkylation sites (tertiary alicyclic amines) is 1. The molecule has 132 valence electrons. The Kier molecular flexibility index (Phi) is 5.53. The van der Waals surface area contributed by atoms with Crippen molar-refractivity contribution >= 4 is 12.0 Å². The number of imidazole rings is 1. The first-order chi connectivity index (χ1) is 12.2. The van der Waals surface area contributed by atoms with Gasteiger partial charge < -0.3 is 14.2 Å². The molecular weight excluding hydrogens is 314 g/mol. The molecule has 1 aliphatic heterocycles. The third kappa shape index (κ3) is 4.10. The first-order valence-electron chi connectivity index (χ1n) is 8.84. The van der Waals surface area contributed by atoms with Gasteiger partial charge in [-0.15, -0.1) is 0 Å². The molecule has 2 aromatic rings. The van der Waals surface area contributed by atoms with Crippen molar-refractivity contribution in [3.05, 3.63) is 54.1 Å². The number of rotatable bonds is 5. The summed E-state index contributed by atoms with van der Waals surface area (Å²) in [5, 5.41) is 0. The van der Waals surface area contributed by atoms with Crippen molar-refractivity contribution in [2.24, 2.45) is 0 Å². The number of carbonyl (C=O) groups is 1. The van der Waals surface area contributed by atoms with Crippen LogP contribution >= 0.6 is 0 Å². The Morgan fingerprint density at radius 2 is 2.32 bits per heavy atom. The molecule has 0 spiro atoms. The average Bonchev–Trinajstić information content (AvgIpc) is 3.15. The molecule has 5 heteroatoms. The highest BCUT2D eigenvalue weighted by Crippen LogP contribution is 2.23. The van der Waals surface area contributed by atoms with Gasteiger partial charge in [0.2, 0.25) is 5.91 Å². The van der Waals surface area contributed by atoms with E-state index in [-0.39, 0.29) is 5.91 Å². The molecule has 0 N–H and O–H groups in total. The molecule has 1 atom stereocenters. The van der Waals surface area contributed by atoms with Gasteiger partial charge in [0, 0.05) is 38.0 Å². The van der Waals surface area contributed by atoms with Gasteiger partial charge >= 0.3 is 0 Å². The van der Waals surface area contributed by atoms with Gasteiger partial charge in [-0.2, -0.15) is 0 Å².